The average molecular weight is 283 g/mol. The Bertz CT molecular complexity index is 677. The lowest BCUT2D eigenvalue weighted by molar-refractivity contribution is 0.281. The lowest BCUT2D eigenvalue weighted by Gasteiger charge is -2.08. The fourth-order valence-electron chi connectivity index (χ4n) is 1.42. The molecule has 0 aliphatic carbocycles. The summed E-state index contributed by atoms with van der Waals surface area (Å²) >= 11 is 0. The number of aromatic nitrogens is 2. The van der Waals surface area contributed by atoms with Crippen molar-refractivity contribution >= 4 is 15.7 Å². The predicted octanol–water partition coefficient (Wildman–Crippen LogP) is 0.909. The number of nitrogens with zero attached hydrogens (tertiary/aromatic N) is 2. The number of rotatable bonds is 4. The van der Waals surface area contributed by atoms with Crippen LogP contribution in [0.3, 0.4) is 0 Å². The van der Waals surface area contributed by atoms with Crippen molar-refractivity contribution < 1.29 is 17.9 Å². The molecule has 0 fully saturated rings. The smallest absolute Gasteiger partial charge is 0.264 e. The zero-order valence-electron chi connectivity index (χ0n) is 9.62. The molecule has 1 heterocycles. The van der Waals surface area contributed by atoms with Crippen molar-refractivity contribution in [1.82, 2.24) is 9.97 Å². The van der Waals surface area contributed by atoms with Crippen LogP contribution in [0.15, 0.2) is 41.8 Å². The Morgan fingerprint density at radius 2 is 1.95 bits per heavy atom. The Labute approximate surface area is 109 Å². The molecule has 0 saturated carbocycles. The summed E-state index contributed by atoms with van der Waals surface area (Å²) in [6.45, 7) is -0.364. The maximum atomic E-state index is 13.7. The fraction of sp³-hybridized carbons (Fsp3) is 0.0909. The standard InChI is InChI=1S/C11H10FN3O3S/c12-10-3-8(6-16)1-2-11(10)19(17,18)15-9-4-13-7-14-5-9/h1-5,7,15-16H,6H2. The molecule has 1 aromatic carbocycles. The molecule has 0 aliphatic heterocycles. The molecule has 0 atom stereocenters. The van der Waals surface area contributed by atoms with Gasteiger partial charge in [0.05, 0.1) is 24.7 Å². The van der Waals surface area contributed by atoms with E-state index in [0.717, 1.165) is 12.1 Å². The molecule has 8 heteroatoms. The van der Waals surface area contributed by atoms with Crippen molar-refractivity contribution in [3.8, 4) is 0 Å². The third-order valence-electron chi connectivity index (χ3n) is 2.28. The quantitative estimate of drug-likeness (QED) is 0.870. The van der Waals surface area contributed by atoms with Crippen molar-refractivity contribution in [3.63, 3.8) is 0 Å². The van der Waals surface area contributed by atoms with Gasteiger partial charge in [-0.3, -0.25) is 4.72 Å². The molecule has 0 spiro atoms. The highest BCUT2D eigenvalue weighted by molar-refractivity contribution is 7.92. The van der Waals surface area contributed by atoms with E-state index in [1.807, 2.05) is 0 Å². The second-order valence-corrected chi connectivity index (χ2v) is 5.31. The van der Waals surface area contributed by atoms with E-state index in [9.17, 15) is 12.8 Å². The third kappa shape index (κ3) is 3.04. The Hall–Kier alpha value is -2.06. The summed E-state index contributed by atoms with van der Waals surface area (Å²) in [7, 11) is -4.06. The summed E-state index contributed by atoms with van der Waals surface area (Å²) in [6, 6.07) is 3.39. The Morgan fingerprint density at radius 1 is 1.26 bits per heavy atom. The molecule has 0 aliphatic rings. The maximum absolute atomic E-state index is 13.7. The number of hydrogen-bond donors (Lipinski definition) is 2. The van der Waals surface area contributed by atoms with Gasteiger partial charge < -0.3 is 5.11 Å². The largest absolute Gasteiger partial charge is 0.392 e. The minimum atomic E-state index is -4.06. The number of hydrogen-bond acceptors (Lipinski definition) is 5. The number of aliphatic hydroxyl groups is 1. The van der Waals surface area contributed by atoms with Gasteiger partial charge in [0.1, 0.15) is 17.0 Å². The van der Waals surface area contributed by atoms with Crippen LogP contribution in [-0.2, 0) is 16.6 Å². The van der Waals surface area contributed by atoms with Gasteiger partial charge in [-0.25, -0.2) is 22.8 Å². The predicted molar refractivity (Wildman–Crippen MR) is 65.2 cm³/mol. The minimum absolute atomic E-state index is 0.133. The normalized spacial score (nSPS) is 11.3. The van der Waals surface area contributed by atoms with Crippen LogP contribution in [0.4, 0.5) is 10.1 Å². The highest BCUT2D eigenvalue weighted by atomic mass is 32.2. The summed E-state index contributed by atoms with van der Waals surface area (Å²) in [6.07, 6.45) is 3.75. The molecule has 2 rings (SSSR count). The molecule has 2 N–H and O–H groups in total. The van der Waals surface area contributed by atoms with Crippen molar-refractivity contribution in [3.05, 3.63) is 48.3 Å². The molecule has 0 saturated heterocycles. The molecular formula is C11H10FN3O3S. The Kier molecular flexibility index (Phi) is 3.72. The van der Waals surface area contributed by atoms with E-state index in [1.54, 1.807) is 0 Å². The molecule has 0 unspecified atom stereocenters. The van der Waals surface area contributed by atoms with E-state index >= 15 is 0 Å². The van der Waals surface area contributed by atoms with Crippen LogP contribution in [0.25, 0.3) is 0 Å². The summed E-state index contributed by atoms with van der Waals surface area (Å²) in [5.74, 6) is -0.934. The van der Waals surface area contributed by atoms with Crippen molar-refractivity contribution in [2.45, 2.75) is 11.5 Å². The molecule has 0 amide bonds. The first-order chi connectivity index (χ1) is 9.03. The second-order valence-electron chi connectivity index (χ2n) is 3.66. The average Bonchev–Trinajstić information content (AvgIpc) is 2.38. The van der Waals surface area contributed by atoms with Gasteiger partial charge in [0.2, 0.25) is 0 Å². The molecule has 1 aromatic heterocycles. The second kappa shape index (κ2) is 5.29. The van der Waals surface area contributed by atoms with Crippen LogP contribution in [0.2, 0.25) is 0 Å². The Balaban J connectivity index is 2.35. The first-order valence-electron chi connectivity index (χ1n) is 5.20. The first-order valence-corrected chi connectivity index (χ1v) is 6.68. The molecule has 0 radical (unpaired) electrons. The first kappa shape index (κ1) is 13.4. The van der Waals surface area contributed by atoms with Gasteiger partial charge in [-0.2, -0.15) is 0 Å². The minimum Gasteiger partial charge on any atom is -0.392 e. The summed E-state index contributed by atoms with van der Waals surface area (Å²) in [5.41, 5.74) is 0.424. The molecular weight excluding hydrogens is 273 g/mol. The van der Waals surface area contributed by atoms with E-state index < -0.39 is 20.7 Å². The maximum Gasteiger partial charge on any atom is 0.264 e. The van der Waals surface area contributed by atoms with Crippen LogP contribution in [-0.4, -0.2) is 23.5 Å². The fourth-order valence-corrected chi connectivity index (χ4v) is 2.51. The molecule has 0 bridgehead atoms. The number of sulfonamides is 1. The highest BCUT2D eigenvalue weighted by Crippen LogP contribution is 2.19. The van der Waals surface area contributed by atoms with E-state index in [4.69, 9.17) is 5.11 Å². The van der Waals surface area contributed by atoms with Crippen LogP contribution < -0.4 is 4.72 Å². The third-order valence-corrected chi connectivity index (χ3v) is 3.70. The number of anilines is 1. The van der Waals surface area contributed by atoms with Crippen LogP contribution in [0, 0.1) is 5.82 Å². The van der Waals surface area contributed by atoms with Gasteiger partial charge in [-0.15, -0.1) is 0 Å². The summed E-state index contributed by atoms with van der Waals surface area (Å²) < 4.78 is 39.7. The van der Waals surface area contributed by atoms with Crippen molar-refractivity contribution in [2.24, 2.45) is 0 Å². The molecule has 6 nitrogen and oxygen atoms in total. The monoisotopic (exact) mass is 283 g/mol. The summed E-state index contributed by atoms with van der Waals surface area (Å²) in [5, 5.41) is 8.84. The number of benzene rings is 1. The van der Waals surface area contributed by atoms with Crippen molar-refractivity contribution in [2.75, 3.05) is 4.72 Å². The molecule has 19 heavy (non-hydrogen) atoms. The zero-order valence-corrected chi connectivity index (χ0v) is 10.4. The van der Waals surface area contributed by atoms with Gasteiger partial charge in [0, 0.05) is 0 Å². The van der Waals surface area contributed by atoms with E-state index in [0.29, 0.717) is 5.56 Å². The van der Waals surface area contributed by atoms with Crippen LogP contribution in [0.5, 0.6) is 0 Å². The van der Waals surface area contributed by atoms with Gasteiger partial charge in [0.25, 0.3) is 10.0 Å². The SMILES string of the molecule is O=S(=O)(Nc1cncnc1)c1ccc(CO)cc1F. The lowest BCUT2D eigenvalue weighted by Crippen LogP contribution is -2.15. The van der Waals surface area contributed by atoms with Gasteiger partial charge in [-0.05, 0) is 17.7 Å². The number of halogens is 1. The van der Waals surface area contributed by atoms with Gasteiger partial charge >= 0.3 is 0 Å². The lowest BCUT2D eigenvalue weighted by atomic mass is 10.2. The Morgan fingerprint density at radius 3 is 2.53 bits per heavy atom. The van der Waals surface area contributed by atoms with Crippen LogP contribution in [0.1, 0.15) is 5.56 Å². The van der Waals surface area contributed by atoms with Crippen LogP contribution >= 0.6 is 0 Å². The number of aliphatic hydroxyl groups excluding tert-OH is 1. The zero-order chi connectivity index (χ0) is 13.9. The van der Waals surface area contributed by atoms with Crippen molar-refractivity contribution in [1.29, 1.82) is 0 Å². The summed E-state index contributed by atoms with van der Waals surface area (Å²) in [4.78, 5) is 6.79. The molecule has 100 valence electrons. The highest BCUT2D eigenvalue weighted by Gasteiger charge is 2.19. The topological polar surface area (TPSA) is 92.2 Å². The van der Waals surface area contributed by atoms with E-state index in [2.05, 4.69) is 14.7 Å². The van der Waals surface area contributed by atoms with E-state index in [-0.39, 0.29) is 12.3 Å². The van der Waals surface area contributed by atoms with Gasteiger partial charge in [-0.1, -0.05) is 6.07 Å². The number of nitrogens with one attached hydrogen (secondary N) is 1. The van der Waals surface area contributed by atoms with Gasteiger partial charge in [0.15, 0.2) is 0 Å². The molecule has 2 aromatic rings. The van der Waals surface area contributed by atoms with E-state index in [1.165, 1.54) is 24.8 Å².